The standard InChI is InChI=1S/C20H17N3O3S/c1-13-4-6-14(7-5-13)16-11-27-19-18(16)22-12-23(20(19)25)10-17(24)21-9-15-3-2-8-26-15/h2-8,11-12H,9-10H2,1H3,(H,21,24). The van der Waals surface area contributed by atoms with Gasteiger partial charge in [-0.25, -0.2) is 4.98 Å². The zero-order valence-corrected chi connectivity index (χ0v) is 15.5. The number of hydrogen-bond donors (Lipinski definition) is 1. The van der Waals surface area contributed by atoms with E-state index in [2.05, 4.69) is 10.3 Å². The summed E-state index contributed by atoms with van der Waals surface area (Å²) in [5, 5.41) is 4.66. The lowest BCUT2D eigenvalue weighted by molar-refractivity contribution is -0.122. The lowest BCUT2D eigenvalue weighted by Gasteiger charge is -2.06. The predicted octanol–water partition coefficient (Wildman–Crippen LogP) is 3.34. The third kappa shape index (κ3) is 3.54. The minimum absolute atomic E-state index is 0.0831. The summed E-state index contributed by atoms with van der Waals surface area (Å²) in [6, 6.07) is 11.6. The smallest absolute Gasteiger partial charge is 0.271 e. The van der Waals surface area contributed by atoms with Gasteiger partial charge in [-0.3, -0.25) is 14.2 Å². The first-order valence-corrected chi connectivity index (χ1v) is 9.32. The van der Waals surface area contributed by atoms with Crippen LogP contribution >= 0.6 is 11.3 Å². The van der Waals surface area contributed by atoms with Crippen LogP contribution in [0.5, 0.6) is 0 Å². The summed E-state index contributed by atoms with van der Waals surface area (Å²) < 4.78 is 7.05. The number of carbonyl (C=O) groups is 1. The summed E-state index contributed by atoms with van der Waals surface area (Å²) in [6.45, 7) is 2.23. The quantitative estimate of drug-likeness (QED) is 0.577. The van der Waals surface area contributed by atoms with Crippen molar-refractivity contribution in [2.24, 2.45) is 0 Å². The van der Waals surface area contributed by atoms with Crippen molar-refractivity contribution in [1.29, 1.82) is 0 Å². The summed E-state index contributed by atoms with van der Waals surface area (Å²) >= 11 is 1.35. The Morgan fingerprint density at radius 1 is 1.26 bits per heavy atom. The van der Waals surface area contributed by atoms with Crippen LogP contribution in [0.25, 0.3) is 21.3 Å². The van der Waals surface area contributed by atoms with Crippen LogP contribution in [0.2, 0.25) is 0 Å². The van der Waals surface area contributed by atoms with Gasteiger partial charge in [0.05, 0.1) is 24.7 Å². The van der Waals surface area contributed by atoms with E-state index in [4.69, 9.17) is 4.42 Å². The third-order valence-corrected chi connectivity index (χ3v) is 5.22. The number of furan rings is 1. The number of amides is 1. The van der Waals surface area contributed by atoms with Gasteiger partial charge < -0.3 is 9.73 Å². The molecule has 1 N–H and O–H groups in total. The van der Waals surface area contributed by atoms with Crippen LogP contribution in [-0.2, 0) is 17.9 Å². The zero-order valence-electron chi connectivity index (χ0n) is 14.6. The van der Waals surface area contributed by atoms with E-state index in [1.165, 1.54) is 27.8 Å². The molecule has 0 atom stereocenters. The number of carbonyl (C=O) groups excluding carboxylic acids is 1. The highest BCUT2D eigenvalue weighted by Crippen LogP contribution is 2.30. The molecule has 3 heterocycles. The van der Waals surface area contributed by atoms with Crippen LogP contribution in [0.1, 0.15) is 11.3 Å². The van der Waals surface area contributed by atoms with Crippen molar-refractivity contribution in [3.63, 3.8) is 0 Å². The highest BCUT2D eigenvalue weighted by Gasteiger charge is 2.14. The molecule has 27 heavy (non-hydrogen) atoms. The molecule has 1 aromatic carbocycles. The maximum Gasteiger partial charge on any atom is 0.271 e. The second-order valence-electron chi connectivity index (χ2n) is 6.23. The SMILES string of the molecule is Cc1ccc(-c2csc3c(=O)n(CC(=O)NCc4ccco4)cnc23)cc1. The molecule has 0 spiro atoms. The number of hydrogen-bond acceptors (Lipinski definition) is 5. The molecule has 1 amide bonds. The first-order valence-electron chi connectivity index (χ1n) is 8.44. The van der Waals surface area contributed by atoms with Crippen molar-refractivity contribution in [2.45, 2.75) is 20.0 Å². The average Bonchev–Trinajstić information content (AvgIpc) is 3.33. The largest absolute Gasteiger partial charge is 0.467 e. The van der Waals surface area contributed by atoms with Gasteiger partial charge in [0.25, 0.3) is 5.56 Å². The molecule has 6 nitrogen and oxygen atoms in total. The molecule has 0 aliphatic heterocycles. The van der Waals surface area contributed by atoms with Crippen LogP contribution in [0.3, 0.4) is 0 Å². The summed E-state index contributed by atoms with van der Waals surface area (Å²) in [5.74, 6) is 0.384. The number of benzene rings is 1. The van der Waals surface area contributed by atoms with Gasteiger partial charge in [-0.05, 0) is 24.6 Å². The molecule has 4 aromatic rings. The van der Waals surface area contributed by atoms with Gasteiger partial charge in [0, 0.05) is 10.9 Å². The highest BCUT2D eigenvalue weighted by atomic mass is 32.1. The zero-order chi connectivity index (χ0) is 18.8. The van der Waals surface area contributed by atoms with Crippen molar-refractivity contribution in [1.82, 2.24) is 14.9 Å². The molecule has 0 aliphatic carbocycles. The molecule has 0 saturated carbocycles. The Labute approximate surface area is 159 Å². The number of rotatable bonds is 5. The normalized spacial score (nSPS) is 11.0. The van der Waals surface area contributed by atoms with Crippen LogP contribution in [0, 0.1) is 6.92 Å². The average molecular weight is 379 g/mol. The van der Waals surface area contributed by atoms with E-state index < -0.39 is 0 Å². The number of aryl methyl sites for hydroxylation is 1. The monoisotopic (exact) mass is 379 g/mol. The fourth-order valence-electron chi connectivity index (χ4n) is 2.80. The first kappa shape index (κ1) is 17.2. The molecule has 0 fully saturated rings. The molecule has 3 aromatic heterocycles. The van der Waals surface area contributed by atoms with Crippen molar-refractivity contribution in [2.75, 3.05) is 0 Å². The van der Waals surface area contributed by atoms with E-state index in [0.29, 0.717) is 16.0 Å². The van der Waals surface area contributed by atoms with Crippen molar-refractivity contribution >= 4 is 27.5 Å². The third-order valence-electron chi connectivity index (χ3n) is 4.26. The highest BCUT2D eigenvalue weighted by molar-refractivity contribution is 7.17. The van der Waals surface area contributed by atoms with Gasteiger partial charge in [-0.1, -0.05) is 29.8 Å². The van der Waals surface area contributed by atoms with Gasteiger partial charge >= 0.3 is 0 Å². The minimum atomic E-state index is -0.273. The fraction of sp³-hybridized carbons (Fsp3) is 0.150. The van der Waals surface area contributed by atoms with E-state index in [1.807, 2.05) is 36.6 Å². The van der Waals surface area contributed by atoms with Crippen LogP contribution < -0.4 is 10.9 Å². The summed E-state index contributed by atoms with van der Waals surface area (Å²) in [5.41, 5.74) is 3.58. The molecule has 0 aliphatic rings. The van der Waals surface area contributed by atoms with Crippen LogP contribution in [-0.4, -0.2) is 15.5 Å². The van der Waals surface area contributed by atoms with E-state index in [-0.39, 0.29) is 24.6 Å². The Bertz CT molecular complexity index is 1140. The van der Waals surface area contributed by atoms with Crippen LogP contribution in [0.4, 0.5) is 0 Å². The van der Waals surface area contributed by atoms with E-state index in [0.717, 1.165) is 11.1 Å². The number of fused-ring (bicyclic) bond motifs is 1. The van der Waals surface area contributed by atoms with Gasteiger partial charge in [0.15, 0.2) is 0 Å². The molecule has 0 radical (unpaired) electrons. The Morgan fingerprint density at radius 3 is 2.81 bits per heavy atom. The lowest BCUT2D eigenvalue weighted by atomic mass is 10.1. The first-order chi connectivity index (χ1) is 13.1. The maximum atomic E-state index is 12.7. The van der Waals surface area contributed by atoms with Gasteiger partial charge in [-0.15, -0.1) is 11.3 Å². The Morgan fingerprint density at radius 2 is 2.07 bits per heavy atom. The number of nitrogens with one attached hydrogen (secondary N) is 1. The predicted molar refractivity (Wildman–Crippen MR) is 105 cm³/mol. The fourth-order valence-corrected chi connectivity index (χ4v) is 3.78. The molecular formula is C20H17N3O3S. The van der Waals surface area contributed by atoms with Crippen molar-refractivity contribution < 1.29 is 9.21 Å². The Hall–Kier alpha value is -3.19. The molecule has 0 saturated heterocycles. The molecular weight excluding hydrogens is 362 g/mol. The summed E-state index contributed by atoms with van der Waals surface area (Å²) in [4.78, 5) is 29.3. The van der Waals surface area contributed by atoms with Gasteiger partial charge in [0.1, 0.15) is 17.0 Å². The molecule has 0 unspecified atom stereocenters. The van der Waals surface area contributed by atoms with Crippen molar-refractivity contribution in [3.8, 4) is 11.1 Å². The van der Waals surface area contributed by atoms with Crippen LogP contribution in [0.15, 0.2) is 63.6 Å². The van der Waals surface area contributed by atoms with Gasteiger partial charge in [0.2, 0.25) is 5.91 Å². The van der Waals surface area contributed by atoms with Crippen molar-refractivity contribution in [3.05, 3.63) is 76.0 Å². The molecule has 4 rings (SSSR count). The number of nitrogens with zero attached hydrogens (tertiary/aromatic N) is 2. The second-order valence-corrected chi connectivity index (χ2v) is 7.11. The second kappa shape index (κ2) is 7.20. The summed E-state index contributed by atoms with van der Waals surface area (Å²) in [6.07, 6.45) is 2.98. The van der Waals surface area contributed by atoms with E-state index in [1.54, 1.807) is 18.4 Å². The molecule has 136 valence electrons. The minimum Gasteiger partial charge on any atom is -0.467 e. The number of thiophene rings is 1. The maximum absolute atomic E-state index is 12.7. The molecule has 7 heteroatoms. The lowest BCUT2D eigenvalue weighted by Crippen LogP contribution is -2.31. The van der Waals surface area contributed by atoms with E-state index >= 15 is 0 Å². The Balaban J connectivity index is 1.56. The van der Waals surface area contributed by atoms with E-state index in [9.17, 15) is 9.59 Å². The Kier molecular flexibility index (Phi) is 4.60. The number of aromatic nitrogens is 2. The van der Waals surface area contributed by atoms with Gasteiger partial charge in [-0.2, -0.15) is 0 Å². The molecule has 0 bridgehead atoms. The topological polar surface area (TPSA) is 77.1 Å². The summed E-state index contributed by atoms with van der Waals surface area (Å²) in [7, 11) is 0.